The van der Waals surface area contributed by atoms with Gasteiger partial charge in [0.05, 0.1) is 35.2 Å². The molecule has 0 aliphatic carbocycles. The van der Waals surface area contributed by atoms with Crippen molar-refractivity contribution in [1.82, 2.24) is 9.80 Å². The quantitative estimate of drug-likeness (QED) is 0.402. The van der Waals surface area contributed by atoms with E-state index in [9.17, 15) is 9.90 Å². The number of rotatable bonds is 11. The minimum atomic E-state index is -0.277. The molecule has 198 valence electrons. The highest BCUT2D eigenvalue weighted by molar-refractivity contribution is 6.42. The van der Waals surface area contributed by atoms with E-state index in [-0.39, 0.29) is 43.4 Å². The number of hydrogen-bond donors (Lipinski definition) is 1. The summed E-state index contributed by atoms with van der Waals surface area (Å²) in [5.41, 5.74) is 1.61. The zero-order valence-electron chi connectivity index (χ0n) is 21.2. The number of allylic oxidation sites excluding steroid dienone is 3. The minimum Gasteiger partial charge on any atom is -0.395 e. The second kappa shape index (κ2) is 14.3. The highest BCUT2D eigenvalue weighted by atomic mass is 35.5. The molecule has 2 heterocycles. The molecule has 2 saturated heterocycles. The first kappa shape index (κ1) is 28.9. The summed E-state index contributed by atoms with van der Waals surface area (Å²) < 4.78 is 12.0. The molecule has 3 rings (SSSR count). The van der Waals surface area contributed by atoms with Crippen molar-refractivity contribution >= 4 is 29.1 Å². The number of likely N-dealkylation sites (N-methyl/N-ethyl adjacent to an activating group) is 1. The van der Waals surface area contributed by atoms with Crippen LogP contribution in [-0.4, -0.2) is 78.6 Å². The van der Waals surface area contributed by atoms with Crippen LogP contribution in [0.15, 0.2) is 54.7 Å². The van der Waals surface area contributed by atoms with Gasteiger partial charge >= 0.3 is 0 Å². The lowest BCUT2D eigenvalue weighted by atomic mass is 10.0. The van der Waals surface area contributed by atoms with E-state index in [0.717, 1.165) is 43.4 Å². The standard InChI is InChI=1S/C28H38Cl2N2O4/c1-4-5-6-9-20(2)26(31(3)27(34)15-21-11-12-24(29)25(30)14-21)18-32-17-23(16-22(32)19-33)36-28-10-7-8-13-35-28/h4-6,9,11-12,14,22-23,26,28,33H,2,7-8,10,13,15-19H2,1,3H3/b5-4-,9-6-/t22-,23?,26+,28?/m0/s1. The van der Waals surface area contributed by atoms with Crippen molar-refractivity contribution in [3.63, 3.8) is 0 Å². The van der Waals surface area contributed by atoms with E-state index in [4.69, 9.17) is 32.7 Å². The lowest BCUT2D eigenvalue weighted by Gasteiger charge is -2.34. The Balaban J connectivity index is 1.72. The summed E-state index contributed by atoms with van der Waals surface area (Å²) in [6.45, 7) is 8.19. The van der Waals surface area contributed by atoms with E-state index >= 15 is 0 Å². The number of halogens is 2. The molecule has 2 aliphatic heterocycles. The summed E-state index contributed by atoms with van der Waals surface area (Å²) in [7, 11) is 1.80. The minimum absolute atomic E-state index is 0.0186. The predicted molar refractivity (Wildman–Crippen MR) is 145 cm³/mol. The van der Waals surface area contributed by atoms with E-state index in [1.807, 2.05) is 37.3 Å². The average Bonchev–Trinajstić information content (AvgIpc) is 3.26. The van der Waals surface area contributed by atoms with Crippen molar-refractivity contribution in [2.75, 3.05) is 33.4 Å². The van der Waals surface area contributed by atoms with Crippen molar-refractivity contribution in [1.29, 1.82) is 0 Å². The van der Waals surface area contributed by atoms with E-state index < -0.39 is 0 Å². The van der Waals surface area contributed by atoms with Gasteiger partial charge in [-0.3, -0.25) is 9.69 Å². The molecule has 1 aromatic rings. The molecule has 0 bridgehead atoms. The Hall–Kier alpha value is -1.67. The molecule has 0 spiro atoms. The molecule has 6 nitrogen and oxygen atoms in total. The normalized spacial score (nSPS) is 24.0. The zero-order valence-corrected chi connectivity index (χ0v) is 22.8. The van der Waals surface area contributed by atoms with Crippen LogP contribution in [0.25, 0.3) is 0 Å². The first-order valence-electron chi connectivity index (χ1n) is 12.6. The Labute approximate surface area is 225 Å². The fourth-order valence-electron chi connectivity index (χ4n) is 4.72. The number of likely N-dealkylation sites (tertiary alicyclic amines) is 1. The number of aliphatic hydroxyl groups is 1. The molecule has 2 aliphatic rings. The van der Waals surface area contributed by atoms with Crippen molar-refractivity contribution in [3.05, 3.63) is 70.3 Å². The topological polar surface area (TPSA) is 62.2 Å². The van der Waals surface area contributed by atoms with Gasteiger partial charge in [-0.25, -0.2) is 0 Å². The van der Waals surface area contributed by atoms with Crippen LogP contribution in [0.2, 0.25) is 10.0 Å². The molecule has 1 amide bonds. The maximum absolute atomic E-state index is 13.3. The number of benzene rings is 1. The van der Waals surface area contributed by atoms with Crippen LogP contribution in [0.3, 0.4) is 0 Å². The molecule has 4 atom stereocenters. The van der Waals surface area contributed by atoms with Crippen molar-refractivity contribution < 1.29 is 19.4 Å². The monoisotopic (exact) mass is 536 g/mol. The predicted octanol–water partition coefficient (Wildman–Crippen LogP) is 5.03. The second-order valence-corrected chi connectivity index (χ2v) is 10.3. The van der Waals surface area contributed by atoms with Crippen LogP contribution in [0, 0.1) is 0 Å². The molecule has 8 heteroatoms. The van der Waals surface area contributed by atoms with Crippen LogP contribution < -0.4 is 0 Å². The maximum Gasteiger partial charge on any atom is 0.227 e. The van der Waals surface area contributed by atoms with E-state index in [0.29, 0.717) is 23.1 Å². The van der Waals surface area contributed by atoms with Gasteiger partial charge in [-0.05, 0) is 55.9 Å². The van der Waals surface area contributed by atoms with Crippen LogP contribution >= 0.6 is 23.2 Å². The Bertz CT molecular complexity index is 945. The SMILES string of the molecule is C=C(/C=C\C=C/C)[C@@H](CN1CC(OC2CCCCO2)C[C@H]1CO)N(C)C(=O)Cc1ccc(Cl)c(Cl)c1. The van der Waals surface area contributed by atoms with Gasteiger partial charge in [0, 0.05) is 32.8 Å². The van der Waals surface area contributed by atoms with Gasteiger partial charge in [0.1, 0.15) is 0 Å². The Morgan fingerprint density at radius 3 is 2.81 bits per heavy atom. The van der Waals surface area contributed by atoms with Gasteiger partial charge in [0.15, 0.2) is 6.29 Å². The molecular weight excluding hydrogens is 499 g/mol. The molecule has 2 unspecified atom stereocenters. The van der Waals surface area contributed by atoms with Crippen molar-refractivity contribution in [3.8, 4) is 0 Å². The number of ether oxygens (including phenoxy) is 2. The van der Waals surface area contributed by atoms with Gasteiger partial charge in [-0.15, -0.1) is 0 Å². The number of hydrogen-bond acceptors (Lipinski definition) is 5. The largest absolute Gasteiger partial charge is 0.395 e. The van der Waals surface area contributed by atoms with Crippen molar-refractivity contribution in [2.24, 2.45) is 0 Å². The Morgan fingerprint density at radius 2 is 2.14 bits per heavy atom. The lowest BCUT2D eigenvalue weighted by Crippen LogP contribution is -2.48. The first-order valence-corrected chi connectivity index (χ1v) is 13.4. The van der Waals surface area contributed by atoms with E-state index in [2.05, 4.69) is 11.5 Å². The molecule has 0 saturated carbocycles. The average molecular weight is 538 g/mol. The fourth-order valence-corrected chi connectivity index (χ4v) is 5.04. The van der Waals surface area contributed by atoms with E-state index in [1.54, 1.807) is 24.1 Å². The highest BCUT2D eigenvalue weighted by Gasteiger charge is 2.36. The maximum atomic E-state index is 13.3. The molecule has 1 N–H and O–H groups in total. The van der Waals surface area contributed by atoms with Crippen molar-refractivity contribution in [2.45, 2.75) is 63.5 Å². The van der Waals surface area contributed by atoms with Crippen LogP contribution in [0.4, 0.5) is 0 Å². The summed E-state index contributed by atoms with van der Waals surface area (Å²) in [5.74, 6) is -0.0536. The zero-order chi connectivity index (χ0) is 26.1. The summed E-state index contributed by atoms with van der Waals surface area (Å²) in [5, 5.41) is 11.0. The third-order valence-corrected chi connectivity index (χ3v) is 7.57. The van der Waals surface area contributed by atoms with Crippen LogP contribution in [0.1, 0.15) is 38.2 Å². The fraction of sp³-hybridized carbons (Fsp3) is 0.536. The van der Waals surface area contributed by atoms with Gasteiger partial charge in [-0.1, -0.05) is 60.2 Å². The lowest BCUT2D eigenvalue weighted by molar-refractivity contribution is -0.185. The Kier molecular flexibility index (Phi) is 11.5. The Morgan fingerprint density at radius 1 is 1.33 bits per heavy atom. The summed E-state index contributed by atoms with van der Waals surface area (Å²) >= 11 is 12.2. The molecule has 0 aromatic heterocycles. The number of carbonyl (C=O) groups is 1. The molecule has 2 fully saturated rings. The number of nitrogens with zero attached hydrogens (tertiary/aromatic N) is 2. The highest BCUT2D eigenvalue weighted by Crippen LogP contribution is 2.27. The van der Waals surface area contributed by atoms with Crippen LogP contribution in [-0.2, 0) is 20.7 Å². The molecule has 0 radical (unpaired) electrons. The summed E-state index contributed by atoms with van der Waals surface area (Å²) in [6, 6.07) is 4.91. The van der Waals surface area contributed by atoms with Crippen LogP contribution in [0.5, 0.6) is 0 Å². The van der Waals surface area contributed by atoms with Gasteiger partial charge in [0.25, 0.3) is 0 Å². The number of amides is 1. The second-order valence-electron chi connectivity index (χ2n) is 9.49. The van der Waals surface area contributed by atoms with Gasteiger partial charge in [-0.2, -0.15) is 0 Å². The van der Waals surface area contributed by atoms with Gasteiger partial charge in [0.2, 0.25) is 5.91 Å². The smallest absolute Gasteiger partial charge is 0.227 e. The van der Waals surface area contributed by atoms with E-state index in [1.165, 1.54) is 0 Å². The summed E-state index contributed by atoms with van der Waals surface area (Å²) in [4.78, 5) is 17.2. The van der Waals surface area contributed by atoms with Gasteiger partial charge < -0.3 is 19.5 Å². The number of carbonyl (C=O) groups excluding carboxylic acids is 1. The molecule has 1 aromatic carbocycles. The first-order chi connectivity index (χ1) is 17.3. The molecular formula is C28H38Cl2N2O4. The third kappa shape index (κ3) is 8.17. The molecule has 36 heavy (non-hydrogen) atoms. The summed E-state index contributed by atoms with van der Waals surface area (Å²) in [6.07, 6.45) is 11.5. The number of aliphatic hydroxyl groups excluding tert-OH is 1. The third-order valence-electron chi connectivity index (χ3n) is 6.83.